The number of nitrogens with one attached hydrogen (secondary N) is 1. The first-order chi connectivity index (χ1) is 11.5. The monoisotopic (exact) mass is 363 g/mol. The Morgan fingerprint density at radius 2 is 1.88 bits per heavy atom. The maximum absolute atomic E-state index is 12.7. The lowest BCUT2D eigenvalue weighted by atomic mass is 10.0. The summed E-state index contributed by atoms with van der Waals surface area (Å²) in [6, 6.07) is 13.4. The van der Waals surface area contributed by atoms with Gasteiger partial charge in [0.2, 0.25) is 5.78 Å². The first-order valence-corrected chi connectivity index (χ1v) is 7.97. The molecule has 2 aromatic carbocycles. The molecule has 0 heterocycles. The molecule has 0 atom stereocenters. The minimum atomic E-state index is -0.725. The zero-order chi connectivity index (χ0) is 17.5. The van der Waals surface area contributed by atoms with Crippen LogP contribution in [-0.4, -0.2) is 18.4 Å². The largest absolute Gasteiger partial charge is 0.462 e. The first kappa shape index (κ1) is 18.0. The number of carbonyl (C=O) groups is 2. The summed E-state index contributed by atoms with van der Waals surface area (Å²) >= 11 is 12.0. The highest BCUT2D eigenvalue weighted by Gasteiger charge is 2.22. The van der Waals surface area contributed by atoms with Crippen LogP contribution in [-0.2, 0) is 9.53 Å². The lowest BCUT2D eigenvalue weighted by molar-refractivity contribution is -0.138. The van der Waals surface area contributed by atoms with Crippen molar-refractivity contribution in [2.75, 3.05) is 11.9 Å². The Bertz CT molecular complexity index is 787. The van der Waals surface area contributed by atoms with Crippen molar-refractivity contribution in [2.24, 2.45) is 0 Å². The van der Waals surface area contributed by atoms with Gasteiger partial charge in [-0.1, -0.05) is 41.4 Å². The molecule has 0 aromatic heterocycles. The number of halogens is 2. The first-order valence-electron chi connectivity index (χ1n) is 7.21. The van der Waals surface area contributed by atoms with Crippen LogP contribution in [0.25, 0.3) is 0 Å². The Labute approximate surface area is 150 Å². The van der Waals surface area contributed by atoms with Crippen molar-refractivity contribution in [1.29, 1.82) is 0 Å². The highest BCUT2D eigenvalue weighted by molar-refractivity contribution is 6.37. The van der Waals surface area contributed by atoms with Gasteiger partial charge in [-0.05, 0) is 37.3 Å². The number of carbonyl (C=O) groups excluding carboxylic acids is 2. The van der Waals surface area contributed by atoms with Gasteiger partial charge in [-0.2, -0.15) is 0 Å². The average molecular weight is 364 g/mol. The molecule has 0 spiro atoms. The molecule has 6 heteroatoms. The van der Waals surface area contributed by atoms with E-state index in [2.05, 4.69) is 5.32 Å². The van der Waals surface area contributed by atoms with E-state index in [0.717, 1.165) is 0 Å². The summed E-state index contributed by atoms with van der Waals surface area (Å²) in [5.74, 6) is -1.24. The van der Waals surface area contributed by atoms with E-state index in [-0.39, 0.29) is 22.8 Å². The molecule has 0 saturated carbocycles. The number of rotatable bonds is 6. The van der Waals surface area contributed by atoms with Crippen LogP contribution in [0.2, 0.25) is 10.0 Å². The van der Waals surface area contributed by atoms with Crippen LogP contribution in [0.5, 0.6) is 0 Å². The molecular weight excluding hydrogens is 349 g/mol. The second-order valence-electron chi connectivity index (χ2n) is 4.74. The van der Waals surface area contributed by atoms with Gasteiger partial charge >= 0.3 is 5.97 Å². The zero-order valence-electron chi connectivity index (χ0n) is 12.9. The molecule has 0 saturated heterocycles. The van der Waals surface area contributed by atoms with Gasteiger partial charge in [-0.3, -0.25) is 4.79 Å². The summed E-state index contributed by atoms with van der Waals surface area (Å²) in [6.45, 7) is 1.82. The van der Waals surface area contributed by atoms with Crippen LogP contribution in [0.4, 0.5) is 5.69 Å². The number of hydrogen-bond acceptors (Lipinski definition) is 4. The molecule has 0 bridgehead atoms. The van der Waals surface area contributed by atoms with Crippen molar-refractivity contribution in [3.05, 3.63) is 75.9 Å². The molecule has 0 amide bonds. The topological polar surface area (TPSA) is 55.4 Å². The van der Waals surface area contributed by atoms with Gasteiger partial charge in [0.25, 0.3) is 0 Å². The molecule has 124 valence electrons. The van der Waals surface area contributed by atoms with E-state index in [1.807, 2.05) is 0 Å². The Balaban J connectivity index is 2.34. The van der Waals surface area contributed by atoms with Crippen molar-refractivity contribution >= 4 is 40.6 Å². The van der Waals surface area contributed by atoms with Crippen LogP contribution in [0.3, 0.4) is 0 Å². The number of benzene rings is 2. The number of hydrogen-bond donors (Lipinski definition) is 1. The van der Waals surface area contributed by atoms with E-state index in [1.54, 1.807) is 55.5 Å². The summed E-state index contributed by atoms with van der Waals surface area (Å²) in [5.41, 5.74) is 0.715. The van der Waals surface area contributed by atoms with Gasteiger partial charge in [-0.15, -0.1) is 0 Å². The average Bonchev–Trinajstić information content (AvgIpc) is 2.55. The van der Waals surface area contributed by atoms with E-state index in [0.29, 0.717) is 10.7 Å². The molecule has 0 unspecified atom stereocenters. The number of esters is 1. The Hall–Kier alpha value is -2.30. The quantitative estimate of drug-likeness (QED) is 0.265. The van der Waals surface area contributed by atoms with E-state index in [4.69, 9.17) is 27.9 Å². The molecule has 0 aliphatic carbocycles. The van der Waals surface area contributed by atoms with Gasteiger partial charge in [0.1, 0.15) is 5.57 Å². The molecule has 2 rings (SSSR count). The SMILES string of the molecule is CCOC(=O)/C(=C/Nc1cccc(Cl)c1)C(=O)c1ccccc1Cl. The number of anilines is 1. The number of Topliss-reactive ketones (excluding diaryl/α,β-unsaturated/α-hetero) is 1. The van der Waals surface area contributed by atoms with Crippen molar-refractivity contribution < 1.29 is 14.3 Å². The Kier molecular flexibility index (Phi) is 6.41. The Morgan fingerprint density at radius 3 is 2.54 bits per heavy atom. The van der Waals surface area contributed by atoms with Crippen LogP contribution in [0.15, 0.2) is 60.3 Å². The van der Waals surface area contributed by atoms with Crippen LogP contribution in [0, 0.1) is 0 Å². The fraction of sp³-hybridized carbons (Fsp3) is 0.111. The summed E-state index contributed by atoms with van der Waals surface area (Å²) in [4.78, 5) is 24.8. The summed E-state index contributed by atoms with van der Waals surface area (Å²) < 4.78 is 4.96. The minimum absolute atomic E-state index is 0.148. The molecule has 24 heavy (non-hydrogen) atoms. The van der Waals surface area contributed by atoms with Gasteiger partial charge < -0.3 is 10.1 Å². The third kappa shape index (κ3) is 4.60. The maximum Gasteiger partial charge on any atom is 0.343 e. The van der Waals surface area contributed by atoms with Crippen molar-refractivity contribution in [1.82, 2.24) is 0 Å². The van der Waals surface area contributed by atoms with Crippen molar-refractivity contribution in [3.8, 4) is 0 Å². The number of ether oxygens (including phenoxy) is 1. The van der Waals surface area contributed by atoms with E-state index < -0.39 is 11.8 Å². The molecular formula is C18H15Cl2NO3. The van der Waals surface area contributed by atoms with E-state index in [9.17, 15) is 9.59 Å². The Morgan fingerprint density at radius 1 is 1.12 bits per heavy atom. The lowest BCUT2D eigenvalue weighted by Gasteiger charge is -2.09. The fourth-order valence-corrected chi connectivity index (χ4v) is 2.36. The second-order valence-corrected chi connectivity index (χ2v) is 5.59. The highest BCUT2D eigenvalue weighted by Crippen LogP contribution is 2.20. The predicted octanol–water partition coefficient (Wildman–Crippen LogP) is 4.74. The number of ketones is 1. The van der Waals surface area contributed by atoms with E-state index >= 15 is 0 Å². The summed E-state index contributed by atoms with van der Waals surface area (Å²) in [5, 5.41) is 3.68. The smallest absolute Gasteiger partial charge is 0.343 e. The highest BCUT2D eigenvalue weighted by atomic mass is 35.5. The molecule has 0 radical (unpaired) electrons. The van der Waals surface area contributed by atoms with Crippen molar-refractivity contribution in [2.45, 2.75) is 6.92 Å². The molecule has 2 aromatic rings. The van der Waals surface area contributed by atoms with Gasteiger partial charge in [0.05, 0.1) is 11.6 Å². The molecule has 0 aliphatic rings. The molecule has 0 fully saturated rings. The predicted molar refractivity (Wildman–Crippen MR) is 95.6 cm³/mol. The van der Waals surface area contributed by atoms with Gasteiger partial charge in [0, 0.05) is 22.5 Å². The van der Waals surface area contributed by atoms with Crippen LogP contribution < -0.4 is 5.32 Å². The molecule has 1 N–H and O–H groups in total. The molecule has 4 nitrogen and oxygen atoms in total. The zero-order valence-corrected chi connectivity index (χ0v) is 14.4. The van der Waals surface area contributed by atoms with Crippen molar-refractivity contribution in [3.63, 3.8) is 0 Å². The van der Waals surface area contributed by atoms with Gasteiger partial charge in [-0.25, -0.2) is 4.79 Å². The van der Waals surface area contributed by atoms with E-state index in [1.165, 1.54) is 6.20 Å². The summed E-state index contributed by atoms with van der Waals surface area (Å²) in [6.07, 6.45) is 1.30. The third-order valence-corrected chi connectivity index (χ3v) is 3.63. The third-order valence-electron chi connectivity index (χ3n) is 3.07. The maximum atomic E-state index is 12.7. The van der Waals surface area contributed by atoms with Crippen LogP contribution >= 0.6 is 23.2 Å². The summed E-state index contributed by atoms with van der Waals surface area (Å²) in [7, 11) is 0. The lowest BCUT2D eigenvalue weighted by Crippen LogP contribution is -2.18. The fourth-order valence-electron chi connectivity index (χ4n) is 1.95. The van der Waals surface area contributed by atoms with Gasteiger partial charge in [0.15, 0.2) is 0 Å². The standard InChI is InChI=1S/C18H15Cl2NO3/c1-2-24-18(23)15(11-21-13-7-5-6-12(19)10-13)17(22)14-8-3-4-9-16(14)20/h3-11,21H,2H2,1H3/b15-11+. The molecule has 0 aliphatic heterocycles. The minimum Gasteiger partial charge on any atom is -0.462 e. The normalized spacial score (nSPS) is 11.0. The van der Waals surface area contributed by atoms with Crippen LogP contribution in [0.1, 0.15) is 17.3 Å². The second kappa shape index (κ2) is 8.52.